The number of quaternary nitrogens is 1. The van der Waals surface area contributed by atoms with E-state index < -0.39 is 5.60 Å². The van der Waals surface area contributed by atoms with Crippen molar-refractivity contribution in [1.29, 1.82) is 0 Å². The predicted molar refractivity (Wildman–Crippen MR) is 84.2 cm³/mol. The van der Waals surface area contributed by atoms with E-state index in [2.05, 4.69) is 29.1 Å². The third-order valence-corrected chi connectivity index (χ3v) is 6.85. The lowest BCUT2D eigenvalue weighted by Gasteiger charge is -2.44. The molecule has 0 amide bonds. The summed E-state index contributed by atoms with van der Waals surface area (Å²) < 4.78 is 3.24. The molecule has 5 heteroatoms. The molecule has 1 unspecified atom stereocenters. The van der Waals surface area contributed by atoms with E-state index in [-0.39, 0.29) is 0 Å². The van der Waals surface area contributed by atoms with Gasteiger partial charge in [-0.2, -0.15) is 0 Å². The van der Waals surface area contributed by atoms with Gasteiger partial charge in [0.2, 0.25) is 0 Å². The normalized spacial score (nSPS) is 36.4. The first kappa shape index (κ1) is 14.6. The van der Waals surface area contributed by atoms with Gasteiger partial charge in [-0.1, -0.05) is 24.5 Å². The standard InChI is InChI=1S/C17H29N4O/c1-21(2)14-6-7-15(21)11-13(10-14)20-12-16(18-19-20)17(22)8-4-3-5-9-17/h12-15,22H,3-11H2,1-2H3/q+1/t13?,14-,15+. The van der Waals surface area contributed by atoms with Crippen molar-refractivity contribution in [2.45, 2.75) is 81.5 Å². The molecule has 1 aromatic heterocycles. The minimum Gasteiger partial charge on any atom is -0.383 e. The van der Waals surface area contributed by atoms with Crippen LogP contribution in [0.3, 0.4) is 0 Å². The molecule has 1 saturated carbocycles. The zero-order chi connectivity index (χ0) is 15.4. The lowest BCUT2D eigenvalue weighted by atomic mass is 9.83. The monoisotopic (exact) mass is 305 g/mol. The van der Waals surface area contributed by atoms with Gasteiger partial charge < -0.3 is 9.59 Å². The van der Waals surface area contributed by atoms with E-state index in [4.69, 9.17) is 0 Å². The molecule has 5 nitrogen and oxygen atoms in total. The van der Waals surface area contributed by atoms with Crippen molar-refractivity contribution >= 4 is 0 Å². The van der Waals surface area contributed by atoms with Crippen LogP contribution in [0, 0.1) is 0 Å². The van der Waals surface area contributed by atoms with Gasteiger partial charge in [-0.25, -0.2) is 4.68 Å². The van der Waals surface area contributed by atoms with Gasteiger partial charge in [0, 0.05) is 25.7 Å². The van der Waals surface area contributed by atoms with Crippen molar-refractivity contribution in [2.24, 2.45) is 0 Å². The van der Waals surface area contributed by atoms with E-state index in [1.54, 1.807) is 0 Å². The average Bonchev–Trinajstić information content (AvgIpc) is 2.99. The molecule has 1 aromatic rings. The van der Waals surface area contributed by atoms with Crippen molar-refractivity contribution in [3.05, 3.63) is 11.9 Å². The molecule has 22 heavy (non-hydrogen) atoms. The van der Waals surface area contributed by atoms with Gasteiger partial charge in [0.25, 0.3) is 0 Å². The first-order valence-corrected chi connectivity index (χ1v) is 8.97. The topological polar surface area (TPSA) is 50.9 Å². The van der Waals surface area contributed by atoms with Crippen LogP contribution in [0.4, 0.5) is 0 Å². The molecule has 1 N–H and O–H groups in total. The molecule has 1 aliphatic carbocycles. The number of rotatable bonds is 2. The molecule has 3 atom stereocenters. The smallest absolute Gasteiger partial charge is 0.114 e. The second-order valence-electron chi connectivity index (χ2n) is 8.32. The van der Waals surface area contributed by atoms with Gasteiger partial charge in [0.1, 0.15) is 11.3 Å². The summed E-state index contributed by atoms with van der Waals surface area (Å²) in [6.07, 6.45) is 12.2. The third kappa shape index (κ3) is 2.21. The highest BCUT2D eigenvalue weighted by atomic mass is 16.3. The van der Waals surface area contributed by atoms with Crippen molar-refractivity contribution in [2.75, 3.05) is 14.1 Å². The van der Waals surface area contributed by atoms with E-state index in [1.807, 2.05) is 6.20 Å². The van der Waals surface area contributed by atoms with Crippen molar-refractivity contribution < 1.29 is 9.59 Å². The molecule has 2 saturated heterocycles. The fourth-order valence-corrected chi connectivity index (χ4v) is 5.13. The summed E-state index contributed by atoms with van der Waals surface area (Å²) in [7, 11) is 4.77. The molecule has 3 fully saturated rings. The molecule has 0 radical (unpaired) electrons. The number of nitrogens with zero attached hydrogens (tertiary/aromatic N) is 4. The highest BCUT2D eigenvalue weighted by Crippen LogP contribution is 2.44. The van der Waals surface area contributed by atoms with Crippen LogP contribution in [-0.4, -0.2) is 50.8 Å². The fourth-order valence-electron chi connectivity index (χ4n) is 5.13. The average molecular weight is 305 g/mol. The van der Waals surface area contributed by atoms with Crippen molar-refractivity contribution in [3.8, 4) is 0 Å². The van der Waals surface area contributed by atoms with Crippen LogP contribution in [-0.2, 0) is 5.60 Å². The van der Waals surface area contributed by atoms with Crippen molar-refractivity contribution in [3.63, 3.8) is 0 Å². The first-order chi connectivity index (χ1) is 10.5. The Bertz CT molecular complexity index is 531. The Morgan fingerprint density at radius 3 is 2.41 bits per heavy atom. The summed E-state index contributed by atoms with van der Waals surface area (Å²) in [5.41, 5.74) is 0.0818. The number of fused-ring (bicyclic) bond motifs is 2. The molecule has 122 valence electrons. The Balaban J connectivity index is 1.53. The fraction of sp³-hybridized carbons (Fsp3) is 0.882. The molecule has 2 aliphatic heterocycles. The van der Waals surface area contributed by atoms with Gasteiger partial charge in [0.05, 0.1) is 38.4 Å². The van der Waals surface area contributed by atoms with E-state index in [9.17, 15) is 5.11 Å². The van der Waals surface area contributed by atoms with Crippen LogP contribution in [0.2, 0.25) is 0 Å². The van der Waals surface area contributed by atoms with E-state index in [0.717, 1.165) is 43.5 Å². The van der Waals surface area contributed by atoms with Crippen LogP contribution in [0.5, 0.6) is 0 Å². The molecule has 0 spiro atoms. The molecular weight excluding hydrogens is 276 g/mol. The molecule has 3 heterocycles. The Morgan fingerprint density at radius 1 is 1.14 bits per heavy atom. The largest absolute Gasteiger partial charge is 0.383 e. The van der Waals surface area contributed by atoms with E-state index >= 15 is 0 Å². The highest BCUT2D eigenvalue weighted by Gasteiger charge is 2.49. The number of aromatic nitrogens is 3. The Hall–Kier alpha value is -0.940. The molecule has 2 bridgehead atoms. The third-order valence-electron chi connectivity index (χ3n) is 6.85. The summed E-state index contributed by atoms with van der Waals surface area (Å²) in [5, 5.41) is 19.6. The molecule has 4 rings (SSSR count). The van der Waals surface area contributed by atoms with Crippen LogP contribution >= 0.6 is 0 Å². The van der Waals surface area contributed by atoms with Crippen LogP contribution in [0.15, 0.2) is 6.20 Å². The maximum atomic E-state index is 10.8. The number of hydrogen-bond donors (Lipinski definition) is 1. The summed E-state index contributed by atoms with van der Waals surface area (Å²) in [6.45, 7) is 0. The second-order valence-corrected chi connectivity index (χ2v) is 8.32. The summed E-state index contributed by atoms with van der Waals surface area (Å²) in [4.78, 5) is 0. The Morgan fingerprint density at radius 2 is 1.77 bits per heavy atom. The number of piperidine rings is 1. The number of hydrogen-bond acceptors (Lipinski definition) is 3. The van der Waals surface area contributed by atoms with Gasteiger partial charge in [0.15, 0.2) is 0 Å². The van der Waals surface area contributed by atoms with Crippen molar-refractivity contribution in [1.82, 2.24) is 15.0 Å². The number of aliphatic hydroxyl groups is 1. The first-order valence-electron chi connectivity index (χ1n) is 8.97. The quantitative estimate of drug-likeness (QED) is 0.854. The molecule has 0 aromatic carbocycles. The summed E-state index contributed by atoms with van der Waals surface area (Å²) in [5.74, 6) is 0. The lowest BCUT2D eigenvalue weighted by Crippen LogP contribution is -2.54. The maximum absolute atomic E-state index is 10.8. The Labute approximate surface area is 132 Å². The predicted octanol–water partition coefficient (Wildman–Crippen LogP) is 2.37. The van der Waals surface area contributed by atoms with Gasteiger partial charge in [-0.15, -0.1) is 5.10 Å². The Kier molecular flexibility index (Phi) is 3.35. The molecular formula is C17H29N4O+. The second kappa shape index (κ2) is 5.03. The van der Waals surface area contributed by atoms with E-state index in [0.29, 0.717) is 6.04 Å². The lowest BCUT2D eigenvalue weighted by molar-refractivity contribution is -0.931. The van der Waals surface area contributed by atoms with Crippen LogP contribution in [0.1, 0.15) is 69.5 Å². The maximum Gasteiger partial charge on any atom is 0.114 e. The minimum absolute atomic E-state index is 0.470. The summed E-state index contributed by atoms with van der Waals surface area (Å²) in [6, 6.07) is 1.99. The zero-order valence-electron chi connectivity index (χ0n) is 13.9. The molecule has 3 aliphatic rings. The van der Waals surface area contributed by atoms with Gasteiger partial charge in [-0.05, 0) is 12.8 Å². The minimum atomic E-state index is -0.723. The zero-order valence-corrected chi connectivity index (χ0v) is 13.9. The van der Waals surface area contributed by atoms with Gasteiger partial charge in [-0.3, -0.25) is 0 Å². The van der Waals surface area contributed by atoms with E-state index in [1.165, 1.54) is 36.6 Å². The SMILES string of the molecule is C[N+]1(C)[C@@H]2CC[C@H]1CC(n1cc(C3(O)CCCCC3)nn1)C2. The van der Waals surface area contributed by atoms with Crippen LogP contribution < -0.4 is 0 Å². The summed E-state index contributed by atoms with van der Waals surface area (Å²) >= 11 is 0. The van der Waals surface area contributed by atoms with Gasteiger partial charge >= 0.3 is 0 Å². The van der Waals surface area contributed by atoms with Crippen LogP contribution in [0.25, 0.3) is 0 Å². The highest BCUT2D eigenvalue weighted by molar-refractivity contribution is 5.08.